The van der Waals surface area contributed by atoms with Gasteiger partial charge in [-0.05, 0) is 37.3 Å². The Morgan fingerprint density at radius 3 is 2.21 bits per heavy atom. The van der Waals surface area contributed by atoms with Crippen LogP contribution in [-0.2, 0) is 15.8 Å². The Bertz CT molecular complexity index is 899. The highest BCUT2D eigenvalue weighted by Gasteiger charge is 2.31. The molecule has 10 heteroatoms. The number of nitrogens with one attached hydrogen (secondary N) is 2. The number of rotatable bonds is 5. The lowest BCUT2D eigenvalue weighted by molar-refractivity contribution is -0.137. The quantitative estimate of drug-likeness (QED) is 0.731. The zero-order valence-electron chi connectivity index (χ0n) is 14.7. The maximum atomic E-state index is 13.2. The lowest BCUT2D eigenvalue weighted by Gasteiger charge is -2.18. The zero-order valence-corrected chi connectivity index (χ0v) is 14.7. The highest BCUT2D eigenvalue weighted by molar-refractivity contribution is 6.00. The van der Waals surface area contributed by atoms with Gasteiger partial charge in [-0.1, -0.05) is 0 Å². The molecule has 0 aliphatic heterocycles. The smallest absolute Gasteiger partial charge is 0.416 e. The number of benzene rings is 2. The monoisotopic (exact) mass is 402 g/mol. The van der Waals surface area contributed by atoms with Crippen LogP contribution in [0.5, 0.6) is 5.75 Å². The summed E-state index contributed by atoms with van der Waals surface area (Å²) in [6.07, 6.45) is -5.92. The van der Waals surface area contributed by atoms with Crippen LogP contribution in [0.4, 0.5) is 33.3 Å². The Labute approximate surface area is 156 Å². The van der Waals surface area contributed by atoms with Crippen LogP contribution in [0.15, 0.2) is 36.4 Å². The first-order valence-corrected chi connectivity index (χ1v) is 7.89. The van der Waals surface area contributed by atoms with Gasteiger partial charge in [0.1, 0.15) is 5.75 Å². The number of alkyl halides is 3. The highest BCUT2D eigenvalue weighted by atomic mass is 19.4. The van der Waals surface area contributed by atoms with Crippen LogP contribution in [0.3, 0.4) is 0 Å². The summed E-state index contributed by atoms with van der Waals surface area (Å²) >= 11 is 0. The van der Waals surface area contributed by atoms with Crippen LogP contribution in [0.1, 0.15) is 19.4 Å². The van der Waals surface area contributed by atoms with E-state index < -0.39 is 41.3 Å². The van der Waals surface area contributed by atoms with Gasteiger partial charge in [0.25, 0.3) is 5.91 Å². The van der Waals surface area contributed by atoms with Crippen molar-refractivity contribution in [3.05, 3.63) is 53.6 Å². The van der Waals surface area contributed by atoms with Crippen molar-refractivity contribution in [2.45, 2.75) is 26.1 Å². The van der Waals surface area contributed by atoms with Crippen LogP contribution in [0, 0.1) is 11.6 Å². The molecule has 1 atom stereocenters. The summed E-state index contributed by atoms with van der Waals surface area (Å²) in [5.74, 6) is -3.85. The second-order valence-corrected chi connectivity index (χ2v) is 5.76. The number of amides is 2. The maximum Gasteiger partial charge on any atom is 0.416 e. The van der Waals surface area contributed by atoms with Gasteiger partial charge in [0.05, 0.1) is 16.9 Å². The molecule has 0 spiro atoms. The van der Waals surface area contributed by atoms with E-state index in [-0.39, 0.29) is 17.1 Å². The fourth-order valence-corrected chi connectivity index (χ4v) is 2.16. The highest BCUT2D eigenvalue weighted by Crippen LogP contribution is 2.34. The van der Waals surface area contributed by atoms with Gasteiger partial charge >= 0.3 is 6.18 Å². The van der Waals surface area contributed by atoms with Crippen molar-refractivity contribution in [1.29, 1.82) is 0 Å². The molecule has 150 valence electrons. The Morgan fingerprint density at radius 1 is 0.964 bits per heavy atom. The number of hydrogen-bond acceptors (Lipinski definition) is 3. The predicted octanol–water partition coefficient (Wildman–Crippen LogP) is 4.35. The molecule has 0 aliphatic rings. The number of anilines is 2. The molecule has 5 nitrogen and oxygen atoms in total. The Morgan fingerprint density at radius 2 is 1.64 bits per heavy atom. The topological polar surface area (TPSA) is 67.4 Å². The first-order chi connectivity index (χ1) is 13.0. The molecule has 2 aromatic carbocycles. The third-order valence-corrected chi connectivity index (χ3v) is 3.49. The summed E-state index contributed by atoms with van der Waals surface area (Å²) in [5.41, 5.74) is -1.38. The van der Waals surface area contributed by atoms with E-state index in [1.54, 1.807) is 0 Å². The lowest BCUT2D eigenvalue weighted by Crippen LogP contribution is -2.30. The second-order valence-electron chi connectivity index (χ2n) is 5.76. The van der Waals surface area contributed by atoms with Gasteiger partial charge in [0, 0.05) is 13.0 Å². The molecule has 0 saturated heterocycles. The van der Waals surface area contributed by atoms with Crippen LogP contribution in [-0.4, -0.2) is 17.9 Å². The van der Waals surface area contributed by atoms with Crippen molar-refractivity contribution in [3.63, 3.8) is 0 Å². The van der Waals surface area contributed by atoms with Crippen molar-refractivity contribution in [3.8, 4) is 5.75 Å². The number of carbonyl (C=O) groups excluding carboxylic acids is 2. The van der Waals surface area contributed by atoms with E-state index in [9.17, 15) is 31.5 Å². The molecule has 0 aliphatic carbocycles. The minimum atomic E-state index is -4.66. The van der Waals surface area contributed by atoms with Gasteiger partial charge < -0.3 is 15.4 Å². The normalized spacial score (nSPS) is 12.2. The minimum absolute atomic E-state index is 0.0473. The predicted molar refractivity (Wildman–Crippen MR) is 90.8 cm³/mol. The van der Waals surface area contributed by atoms with Crippen LogP contribution < -0.4 is 15.4 Å². The van der Waals surface area contributed by atoms with Crippen LogP contribution >= 0.6 is 0 Å². The van der Waals surface area contributed by atoms with E-state index in [4.69, 9.17) is 4.74 Å². The van der Waals surface area contributed by atoms with Crippen molar-refractivity contribution < 1.29 is 36.3 Å². The van der Waals surface area contributed by atoms with Gasteiger partial charge in [-0.15, -0.1) is 0 Å². The van der Waals surface area contributed by atoms with E-state index in [0.717, 1.165) is 37.3 Å². The van der Waals surface area contributed by atoms with Crippen molar-refractivity contribution in [2.75, 3.05) is 10.6 Å². The van der Waals surface area contributed by atoms with Crippen molar-refractivity contribution in [1.82, 2.24) is 0 Å². The van der Waals surface area contributed by atoms with E-state index >= 15 is 0 Å². The molecule has 2 N–H and O–H groups in total. The van der Waals surface area contributed by atoms with Gasteiger partial charge in [0.2, 0.25) is 5.91 Å². The molecule has 2 rings (SSSR count). The molecule has 0 saturated carbocycles. The van der Waals surface area contributed by atoms with E-state index in [1.165, 1.54) is 6.92 Å². The van der Waals surface area contributed by atoms with E-state index in [0.29, 0.717) is 6.07 Å². The lowest BCUT2D eigenvalue weighted by atomic mass is 10.1. The Kier molecular flexibility index (Phi) is 6.22. The fraction of sp³-hybridized carbons (Fsp3) is 0.222. The third kappa shape index (κ3) is 5.41. The largest absolute Gasteiger partial charge is 0.481 e. The van der Waals surface area contributed by atoms with Gasteiger partial charge in [-0.2, -0.15) is 13.2 Å². The molecule has 28 heavy (non-hydrogen) atoms. The molecular weight excluding hydrogens is 387 g/mol. The third-order valence-electron chi connectivity index (χ3n) is 3.49. The molecular formula is C18H15F5N2O3. The molecule has 0 fully saturated rings. The van der Waals surface area contributed by atoms with Crippen molar-refractivity contribution in [2.24, 2.45) is 0 Å². The van der Waals surface area contributed by atoms with E-state index in [1.807, 2.05) is 0 Å². The standard InChI is InChI=1S/C18H15F5N2O3/c1-9(28-12-4-5-13(19)14(20)8-12)17(27)25-16-7-11(18(21,22)23)3-6-15(16)24-10(2)26/h3-9H,1-2H3,(H,24,26)(H,25,27). The molecule has 0 heterocycles. The zero-order chi connectivity index (χ0) is 21.1. The first kappa shape index (κ1) is 21.1. The van der Waals surface area contributed by atoms with Crippen LogP contribution in [0.25, 0.3) is 0 Å². The summed E-state index contributed by atoms with van der Waals surface area (Å²) in [5, 5.41) is 4.53. The SMILES string of the molecule is CC(=O)Nc1ccc(C(F)(F)F)cc1NC(=O)C(C)Oc1ccc(F)c(F)c1. The van der Waals surface area contributed by atoms with E-state index in [2.05, 4.69) is 10.6 Å². The maximum absolute atomic E-state index is 13.2. The molecule has 0 bridgehead atoms. The fourth-order valence-electron chi connectivity index (χ4n) is 2.16. The molecule has 0 radical (unpaired) electrons. The summed E-state index contributed by atoms with van der Waals surface area (Å²) in [4.78, 5) is 23.5. The van der Waals surface area contributed by atoms with Crippen molar-refractivity contribution >= 4 is 23.2 Å². The summed E-state index contributed by atoms with van der Waals surface area (Å²) in [6, 6.07) is 5.04. The molecule has 1 unspecified atom stereocenters. The van der Waals surface area contributed by atoms with Gasteiger partial charge in [-0.25, -0.2) is 8.78 Å². The Hall–Kier alpha value is -3.17. The minimum Gasteiger partial charge on any atom is -0.481 e. The average molecular weight is 402 g/mol. The number of ether oxygens (including phenoxy) is 1. The average Bonchev–Trinajstić information content (AvgIpc) is 2.58. The van der Waals surface area contributed by atoms with Gasteiger partial charge in [0.15, 0.2) is 17.7 Å². The number of halogens is 5. The first-order valence-electron chi connectivity index (χ1n) is 7.89. The molecule has 2 amide bonds. The summed E-state index contributed by atoms with van der Waals surface area (Å²) in [7, 11) is 0. The Balaban J connectivity index is 2.22. The summed E-state index contributed by atoms with van der Waals surface area (Å²) < 4.78 is 70.1. The number of carbonyl (C=O) groups is 2. The molecule has 0 aromatic heterocycles. The second kappa shape index (κ2) is 8.24. The number of hydrogen-bond donors (Lipinski definition) is 2. The van der Waals surface area contributed by atoms with Gasteiger partial charge in [-0.3, -0.25) is 9.59 Å². The molecule has 2 aromatic rings. The van der Waals surface area contributed by atoms with Crippen LogP contribution in [0.2, 0.25) is 0 Å². The summed E-state index contributed by atoms with van der Waals surface area (Å²) in [6.45, 7) is 2.42.